The molecule has 0 saturated carbocycles. The van der Waals surface area contributed by atoms with Crippen molar-refractivity contribution in [3.63, 3.8) is 0 Å². The minimum absolute atomic E-state index is 0.232. The van der Waals surface area contributed by atoms with Crippen molar-refractivity contribution in [2.45, 2.75) is 38.5 Å². The zero-order valence-corrected chi connectivity index (χ0v) is 14.4. The fraction of sp³-hybridized carbons (Fsp3) is 0.579. The van der Waals surface area contributed by atoms with E-state index in [2.05, 4.69) is 0 Å². The highest BCUT2D eigenvalue weighted by Crippen LogP contribution is 2.24. The zero-order valence-electron chi connectivity index (χ0n) is 14.4. The summed E-state index contributed by atoms with van der Waals surface area (Å²) in [7, 11) is 1.68. The molecule has 0 spiro atoms. The average Bonchev–Trinajstić information content (AvgIpc) is 2.59. The van der Waals surface area contributed by atoms with Crippen molar-refractivity contribution in [3.8, 4) is 0 Å². The van der Waals surface area contributed by atoms with Crippen LogP contribution in [-0.2, 0) is 16.0 Å². The molecule has 1 N–H and O–H groups in total. The number of unbranched alkanes of at least 4 members (excludes halogenated alkanes) is 1. The molecule has 0 aromatic heterocycles. The number of amides is 1. The molecule has 1 aliphatic heterocycles. The average molecular weight is 333 g/mol. The standard InChI is InChI=1S/C19H27NO4/c1-24-13-5-4-8-18(21)20-11-9-15(10-12-20)14-16-6-2-3-7-17(16)19(22)23/h2-3,6-7,15H,4-5,8-14H2,1H3,(H,22,23). The van der Waals surface area contributed by atoms with Gasteiger partial charge in [0.1, 0.15) is 0 Å². The van der Waals surface area contributed by atoms with Crippen molar-refractivity contribution in [3.05, 3.63) is 35.4 Å². The van der Waals surface area contributed by atoms with Gasteiger partial charge in [-0.3, -0.25) is 4.79 Å². The SMILES string of the molecule is COCCCCC(=O)N1CCC(Cc2ccccc2C(=O)O)CC1. The van der Waals surface area contributed by atoms with Crippen LogP contribution in [0.3, 0.4) is 0 Å². The molecule has 5 nitrogen and oxygen atoms in total. The molecular formula is C19H27NO4. The summed E-state index contributed by atoms with van der Waals surface area (Å²) in [4.78, 5) is 25.4. The fourth-order valence-corrected chi connectivity index (χ4v) is 3.29. The van der Waals surface area contributed by atoms with Crippen LogP contribution in [0, 0.1) is 5.92 Å². The largest absolute Gasteiger partial charge is 0.478 e. The lowest BCUT2D eigenvalue weighted by Gasteiger charge is -2.32. The van der Waals surface area contributed by atoms with Crippen LogP contribution < -0.4 is 0 Å². The number of hydrogen-bond donors (Lipinski definition) is 1. The molecule has 1 aliphatic rings. The van der Waals surface area contributed by atoms with E-state index in [1.807, 2.05) is 17.0 Å². The van der Waals surface area contributed by atoms with Gasteiger partial charge in [0.25, 0.3) is 0 Å². The van der Waals surface area contributed by atoms with E-state index < -0.39 is 5.97 Å². The molecule has 1 saturated heterocycles. The number of hydrogen-bond acceptors (Lipinski definition) is 3. The van der Waals surface area contributed by atoms with Crippen molar-refractivity contribution < 1.29 is 19.4 Å². The Hall–Kier alpha value is -1.88. The Bertz CT molecular complexity index is 550. The van der Waals surface area contributed by atoms with Crippen molar-refractivity contribution in [1.29, 1.82) is 0 Å². The van der Waals surface area contributed by atoms with Crippen LogP contribution in [-0.4, -0.2) is 48.7 Å². The van der Waals surface area contributed by atoms with Crippen LogP contribution in [0.25, 0.3) is 0 Å². The molecule has 1 aromatic rings. The molecule has 0 radical (unpaired) electrons. The van der Waals surface area contributed by atoms with Gasteiger partial charge in [0.05, 0.1) is 5.56 Å². The fourth-order valence-electron chi connectivity index (χ4n) is 3.29. The highest BCUT2D eigenvalue weighted by molar-refractivity contribution is 5.89. The van der Waals surface area contributed by atoms with Crippen molar-refractivity contribution >= 4 is 11.9 Å². The second kappa shape index (κ2) is 9.42. The first-order chi connectivity index (χ1) is 11.6. The van der Waals surface area contributed by atoms with Gasteiger partial charge in [-0.1, -0.05) is 18.2 Å². The molecule has 1 aromatic carbocycles. The molecule has 132 valence electrons. The van der Waals surface area contributed by atoms with Gasteiger partial charge in [-0.25, -0.2) is 4.79 Å². The second-order valence-corrected chi connectivity index (χ2v) is 6.44. The monoisotopic (exact) mass is 333 g/mol. The van der Waals surface area contributed by atoms with E-state index in [0.717, 1.165) is 50.8 Å². The Kier molecular flexibility index (Phi) is 7.25. The van der Waals surface area contributed by atoms with Gasteiger partial charge in [0.2, 0.25) is 5.91 Å². The second-order valence-electron chi connectivity index (χ2n) is 6.44. The number of ether oxygens (including phenoxy) is 1. The summed E-state index contributed by atoms with van der Waals surface area (Å²) >= 11 is 0. The van der Waals surface area contributed by atoms with E-state index >= 15 is 0 Å². The number of carbonyl (C=O) groups is 2. The number of benzene rings is 1. The van der Waals surface area contributed by atoms with E-state index in [-0.39, 0.29) is 5.91 Å². The molecule has 0 atom stereocenters. The van der Waals surface area contributed by atoms with Gasteiger partial charge in [-0.2, -0.15) is 0 Å². The van der Waals surface area contributed by atoms with Crippen LogP contribution in [0.1, 0.15) is 48.0 Å². The first-order valence-electron chi connectivity index (χ1n) is 8.69. The van der Waals surface area contributed by atoms with Crippen LogP contribution in [0.2, 0.25) is 0 Å². The molecule has 1 fully saturated rings. The van der Waals surface area contributed by atoms with Crippen LogP contribution in [0.4, 0.5) is 0 Å². The van der Waals surface area contributed by atoms with Crippen LogP contribution in [0.5, 0.6) is 0 Å². The third-order valence-electron chi connectivity index (χ3n) is 4.71. The van der Waals surface area contributed by atoms with Gasteiger partial charge in [-0.05, 0) is 49.7 Å². The van der Waals surface area contributed by atoms with Gasteiger partial charge < -0.3 is 14.7 Å². The van der Waals surface area contributed by atoms with Crippen LogP contribution in [0.15, 0.2) is 24.3 Å². The van der Waals surface area contributed by atoms with E-state index in [0.29, 0.717) is 24.5 Å². The van der Waals surface area contributed by atoms with Gasteiger partial charge in [0, 0.05) is 33.2 Å². The maximum Gasteiger partial charge on any atom is 0.335 e. The third-order valence-corrected chi connectivity index (χ3v) is 4.71. The topological polar surface area (TPSA) is 66.8 Å². The van der Waals surface area contributed by atoms with Gasteiger partial charge in [-0.15, -0.1) is 0 Å². The summed E-state index contributed by atoms with van der Waals surface area (Å²) in [5.74, 6) is -0.187. The maximum absolute atomic E-state index is 12.2. The minimum atomic E-state index is -0.866. The number of piperidine rings is 1. The summed E-state index contributed by atoms with van der Waals surface area (Å²) in [6.07, 6.45) is 5.05. The van der Waals surface area contributed by atoms with E-state index in [9.17, 15) is 14.7 Å². The zero-order chi connectivity index (χ0) is 17.4. The molecular weight excluding hydrogens is 306 g/mol. The number of carbonyl (C=O) groups excluding carboxylic acids is 1. The summed E-state index contributed by atoms with van der Waals surface area (Å²) in [5, 5.41) is 9.27. The molecule has 0 aliphatic carbocycles. The quantitative estimate of drug-likeness (QED) is 0.743. The molecule has 24 heavy (non-hydrogen) atoms. The van der Waals surface area contributed by atoms with Crippen molar-refractivity contribution in [2.24, 2.45) is 5.92 Å². The Balaban J connectivity index is 1.79. The predicted molar refractivity (Wildman–Crippen MR) is 92.1 cm³/mol. The Labute approximate surface area is 143 Å². The highest BCUT2D eigenvalue weighted by Gasteiger charge is 2.23. The van der Waals surface area contributed by atoms with E-state index in [1.54, 1.807) is 19.2 Å². The van der Waals surface area contributed by atoms with E-state index in [4.69, 9.17) is 4.74 Å². The van der Waals surface area contributed by atoms with Gasteiger partial charge in [0.15, 0.2) is 0 Å². The smallest absolute Gasteiger partial charge is 0.335 e. The number of carboxylic acid groups (broad SMARTS) is 1. The normalized spacial score (nSPS) is 15.5. The number of aromatic carboxylic acids is 1. The maximum atomic E-state index is 12.2. The molecule has 1 heterocycles. The predicted octanol–water partition coefficient (Wildman–Crippen LogP) is 2.98. The third kappa shape index (κ3) is 5.34. The van der Waals surface area contributed by atoms with Crippen molar-refractivity contribution in [1.82, 2.24) is 4.90 Å². The van der Waals surface area contributed by atoms with Crippen LogP contribution >= 0.6 is 0 Å². The summed E-state index contributed by atoms with van der Waals surface area (Å²) in [6, 6.07) is 7.21. The number of carboxylic acids is 1. The first kappa shape index (κ1) is 18.5. The lowest BCUT2D eigenvalue weighted by atomic mass is 9.88. The molecule has 2 rings (SSSR count). The molecule has 5 heteroatoms. The number of likely N-dealkylation sites (tertiary alicyclic amines) is 1. The highest BCUT2D eigenvalue weighted by atomic mass is 16.5. The first-order valence-corrected chi connectivity index (χ1v) is 8.69. The molecule has 1 amide bonds. The Morgan fingerprint density at radius 1 is 1.21 bits per heavy atom. The lowest BCUT2D eigenvalue weighted by molar-refractivity contribution is -0.132. The summed E-state index contributed by atoms with van der Waals surface area (Å²) in [5.41, 5.74) is 1.29. The Morgan fingerprint density at radius 3 is 2.58 bits per heavy atom. The Morgan fingerprint density at radius 2 is 1.92 bits per heavy atom. The van der Waals surface area contributed by atoms with E-state index in [1.165, 1.54) is 0 Å². The van der Waals surface area contributed by atoms with Gasteiger partial charge >= 0.3 is 5.97 Å². The lowest BCUT2D eigenvalue weighted by Crippen LogP contribution is -2.38. The molecule has 0 bridgehead atoms. The molecule has 0 unspecified atom stereocenters. The minimum Gasteiger partial charge on any atom is -0.478 e. The summed E-state index contributed by atoms with van der Waals surface area (Å²) in [6.45, 7) is 2.27. The number of methoxy groups -OCH3 is 1. The van der Waals surface area contributed by atoms with Crippen molar-refractivity contribution in [2.75, 3.05) is 26.8 Å². The number of nitrogens with zero attached hydrogens (tertiary/aromatic N) is 1. The summed E-state index contributed by atoms with van der Waals surface area (Å²) < 4.78 is 5.00. The number of rotatable bonds is 8.